The zero-order valence-corrected chi connectivity index (χ0v) is 10.8. The maximum Gasteiger partial charge on any atom is 0.123 e. The Morgan fingerprint density at radius 1 is 0.842 bits per heavy atom. The predicted molar refractivity (Wildman–Crippen MR) is 74.9 cm³/mol. The highest BCUT2D eigenvalue weighted by Gasteiger charge is 2.18. The maximum atomic E-state index is 5.77. The molecule has 2 aromatic rings. The highest BCUT2D eigenvalue weighted by molar-refractivity contribution is 5.72. The molecule has 0 unspecified atom stereocenters. The van der Waals surface area contributed by atoms with E-state index in [1.54, 1.807) is 0 Å². The quantitative estimate of drug-likeness (QED) is 0.772. The van der Waals surface area contributed by atoms with Crippen molar-refractivity contribution in [3.8, 4) is 22.6 Å². The predicted octanol–water partition coefficient (Wildman–Crippen LogP) is 3.61. The Balaban J connectivity index is 1.83. The zero-order chi connectivity index (χ0) is 12.7. The van der Waals surface area contributed by atoms with Crippen LogP contribution in [-0.4, -0.2) is 13.2 Å². The molecule has 0 amide bonds. The number of aryl methyl sites for hydroxylation is 1. The van der Waals surface area contributed by atoms with Gasteiger partial charge in [0.15, 0.2) is 0 Å². The minimum absolute atomic E-state index is 0.799. The molecule has 0 saturated carbocycles. The van der Waals surface area contributed by atoms with Crippen LogP contribution in [0.3, 0.4) is 0 Å². The Labute approximate surface area is 113 Å². The third-order valence-corrected chi connectivity index (χ3v) is 3.97. The molecule has 2 heterocycles. The van der Waals surface area contributed by atoms with Crippen LogP contribution in [0, 0.1) is 0 Å². The van der Waals surface area contributed by atoms with Crippen LogP contribution in [-0.2, 0) is 12.8 Å². The van der Waals surface area contributed by atoms with Gasteiger partial charge < -0.3 is 9.47 Å². The third kappa shape index (κ3) is 1.79. The van der Waals surface area contributed by atoms with Crippen molar-refractivity contribution in [2.24, 2.45) is 0 Å². The molecule has 0 fully saturated rings. The summed E-state index contributed by atoms with van der Waals surface area (Å²) >= 11 is 0. The van der Waals surface area contributed by atoms with Crippen LogP contribution in [0.15, 0.2) is 36.4 Å². The van der Waals surface area contributed by atoms with Gasteiger partial charge in [-0.2, -0.15) is 0 Å². The minimum atomic E-state index is 0.799. The van der Waals surface area contributed by atoms with Crippen LogP contribution < -0.4 is 9.47 Å². The molecule has 2 nitrogen and oxygen atoms in total. The van der Waals surface area contributed by atoms with E-state index in [0.717, 1.165) is 44.0 Å². The molecule has 0 spiro atoms. The Kier molecular flexibility index (Phi) is 2.47. The van der Waals surface area contributed by atoms with E-state index in [9.17, 15) is 0 Å². The highest BCUT2D eigenvalue weighted by Crippen LogP contribution is 2.37. The smallest absolute Gasteiger partial charge is 0.123 e. The number of hydrogen-bond acceptors (Lipinski definition) is 2. The Morgan fingerprint density at radius 2 is 1.79 bits per heavy atom. The number of rotatable bonds is 1. The second-order valence-electron chi connectivity index (χ2n) is 5.16. The van der Waals surface area contributed by atoms with Crippen molar-refractivity contribution in [3.05, 3.63) is 47.5 Å². The van der Waals surface area contributed by atoms with Crippen molar-refractivity contribution in [3.63, 3.8) is 0 Å². The van der Waals surface area contributed by atoms with Crippen molar-refractivity contribution in [1.29, 1.82) is 0 Å². The standard InChI is InChI=1S/C17H16O2/c1-4-14(15-8-10-19-16(15)5-1)13-7-6-12-3-2-9-18-17(12)11-13/h1,4-7,11H,2-3,8-10H2. The molecular weight excluding hydrogens is 236 g/mol. The molecule has 0 aromatic heterocycles. The summed E-state index contributed by atoms with van der Waals surface area (Å²) in [6.45, 7) is 1.64. The number of hydrogen-bond donors (Lipinski definition) is 0. The van der Waals surface area contributed by atoms with Gasteiger partial charge in [-0.15, -0.1) is 0 Å². The van der Waals surface area contributed by atoms with Gasteiger partial charge in [0.1, 0.15) is 11.5 Å². The topological polar surface area (TPSA) is 18.5 Å². The molecule has 0 aliphatic carbocycles. The SMILES string of the molecule is c1cc2c(c(-c3ccc4c(c3)OCCC4)c1)CCO2. The highest BCUT2D eigenvalue weighted by atomic mass is 16.5. The van der Waals surface area contributed by atoms with Crippen LogP contribution in [0.1, 0.15) is 17.5 Å². The first kappa shape index (κ1) is 10.9. The van der Waals surface area contributed by atoms with E-state index >= 15 is 0 Å². The average molecular weight is 252 g/mol. The van der Waals surface area contributed by atoms with E-state index in [1.807, 2.05) is 0 Å². The first-order valence-corrected chi connectivity index (χ1v) is 6.92. The van der Waals surface area contributed by atoms with E-state index in [0.29, 0.717) is 0 Å². The Hall–Kier alpha value is -1.96. The van der Waals surface area contributed by atoms with Gasteiger partial charge in [0.2, 0.25) is 0 Å². The summed E-state index contributed by atoms with van der Waals surface area (Å²) in [7, 11) is 0. The van der Waals surface area contributed by atoms with Crippen LogP contribution >= 0.6 is 0 Å². The summed E-state index contributed by atoms with van der Waals surface area (Å²) in [5.74, 6) is 2.09. The molecule has 2 aliphatic heterocycles. The molecule has 2 aromatic carbocycles. The van der Waals surface area contributed by atoms with Gasteiger partial charge in [-0.25, -0.2) is 0 Å². The third-order valence-electron chi connectivity index (χ3n) is 3.97. The fourth-order valence-corrected chi connectivity index (χ4v) is 3.00. The van der Waals surface area contributed by atoms with Crippen molar-refractivity contribution in [2.75, 3.05) is 13.2 Å². The van der Waals surface area contributed by atoms with Crippen LogP contribution in [0.25, 0.3) is 11.1 Å². The van der Waals surface area contributed by atoms with Crippen molar-refractivity contribution < 1.29 is 9.47 Å². The molecule has 0 N–H and O–H groups in total. The molecule has 0 saturated heterocycles. The first-order valence-electron chi connectivity index (χ1n) is 6.92. The first-order chi connectivity index (χ1) is 9.42. The zero-order valence-electron chi connectivity index (χ0n) is 10.8. The van der Waals surface area contributed by atoms with Gasteiger partial charge in [-0.3, -0.25) is 0 Å². The number of ether oxygens (including phenoxy) is 2. The summed E-state index contributed by atoms with van der Waals surface area (Å²) in [4.78, 5) is 0. The summed E-state index contributed by atoms with van der Waals surface area (Å²) in [5, 5.41) is 0. The van der Waals surface area contributed by atoms with E-state index in [1.165, 1.54) is 22.3 Å². The Morgan fingerprint density at radius 3 is 2.79 bits per heavy atom. The van der Waals surface area contributed by atoms with Crippen LogP contribution in [0.4, 0.5) is 0 Å². The summed E-state index contributed by atoms with van der Waals surface area (Å²) < 4.78 is 11.4. The lowest BCUT2D eigenvalue weighted by Gasteiger charge is -2.18. The lowest BCUT2D eigenvalue weighted by molar-refractivity contribution is 0.288. The Bertz CT molecular complexity index is 631. The molecule has 2 aliphatic rings. The van der Waals surface area contributed by atoms with Crippen LogP contribution in [0.5, 0.6) is 11.5 Å². The molecule has 0 atom stereocenters. The summed E-state index contributed by atoms with van der Waals surface area (Å²) in [5.41, 5.74) is 5.19. The molecular formula is C17H16O2. The molecule has 19 heavy (non-hydrogen) atoms. The molecule has 96 valence electrons. The number of benzene rings is 2. The normalized spacial score (nSPS) is 16.2. The molecule has 0 radical (unpaired) electrons. The minimum Gasteiger partial charge on any atom is -0.493 e. The van der Waals surface area contributed by atoms with E-state index < -0.39 is 0 Å². The summed E-state index contributed by atoms with van der Waals surface area (Å²) in [6, 6.07) is 12.9. The van der Waals surface area contributed by atoms with Gasteiger partial charge in [0.05, 0.1) is 13.2 Å². The fraction of sp³-hybridized carbons (Fsp3) is 0.294. The monoisotopic (exact) mass is 252 g/mol. The average Bonchev–Trinajstić information content (AvgIpc) is 2.95. The van der Waals surface area contributed by atoms with Crippen molar-refractivity contribution >= 4 is 0 Å². The van der Waals surface area contributed by atoms with Crippen LogP contribution in [0.2, 0.25) is 0 Å². The maximum absolute atomic E-state index is 5.77. The summed E-state index contributed by atoms with van der Waals surface area (Å²) in [6.07, 6.45) is 3.26. The van der Waals surface area contributed by atoms with E-state index in [-0.39, 0.29) is 0 Å². The number of fused-ring (bicyclic) bond motifs is 2. The largest absolute Gasteiger partial charge is 0.493 e. The van der Waals surface area contributed by atoms with Gasteiger partial charge >= 0.3 is 0 Å². The second kappa shape index (κ2) is 4.30. The lowest BCUT2D eigenvalue weighted by Crippen LogP contribution is -2.08. The van der Waals surface area contributed by atoms with Crippen molar-refractivity contribution in [1.82, 2.24) is 0 Å². The van der Waals surface area contributed by atoms with E-state index in [4.69, 9.17) is 9.47 Å². The van der Waals surface area contributed by atoms with E-state index in [2.05, 4.69) is 36.4 Å². The van der Waals surface area contributed by atoms with Gasteiger partial charge in [-0.1, -0.05) is 24.3 Å². The lowest BCUT2D eigenvalue weighted by atomic mass is 9.95. The molecule has 2 heteroatoms. The molecule has 4 rings (SSSR count). The van der Waals surface area contributed by atoms with Gasteiger partial charge in [0, 0.05) is 12.0 Å². The fourth-order valence-electron chi connectivity index (χ4n) is 3.00. The van der Waals surface area contributed by atoms with Gasteiger partial charge in [-0.05, 0) is 41.7 Å². The molecule has 0 bridgehead atoms. The van der Waals surface area contributed by atoms with Crippen molar-refractivity contribution in [2.45, 2.75) is 19.3 Å². The second-order valence-corrected chi connectivity index (χ2v) is 5.16. The van der Waals surface area contributed by atoms with Gasteiger partial charge in [0.25, 0.3) is 0 Å².